The highest BCUT2D eigenvalue weighted by Crippen LogP contribution is 2.24. The molecule has 1 aromatic heterocycles. The van der Waals surface area contributed by atoms with Gasteiger partial charge in [-0.2, -0.15) is 0 Å². The minimum atomic E-state index is -3.17. The SMILES string of the molecule is O=C(/C=C/c1ccc(N2CCCS2(=O)=O)cc1)Nc1cccnc1. The molecule has 1 aliphatic rings. The van der Waals surface area contributed by atoms with Crippen LogP contribution in [0.25, 0.3) is 6.08 Å². The summed E-state index contributed by atoms with van der Waals surface area (Å²) in [7, 11) is -3.17. The Morgan fingerprint density at radius 2 is 2.00 bits per heavy atom. The highest BCUT2D eigenvalue weighted by Gasteiger charge is 2.28. The van der Waals surface area contributed by atoms with Crippen molar-refractivity contribution < 1.29 is 13.2 Å². The number of carbonyl (C=O) groups excluding carboxylic acids is 1. The van der Waals surface area contributed by atoms with E-state index in [0.29, 0.717) is 24.3 Å². The quantitative estimate of drug-likeness (QED) is 0.864. The second kappa shape index (κ2) is 6.84. The molecule has 3 rings (SSSR count). The molecule has 0 saturated carbocycles. The van der Waals surface area contributed by atoms with E-state index in [1.165, 1.54) is 10.4 Å². The van der Waals surface area contributed by atoms with Crippen LogP contribution >= 0.6 is 0 Å². The summed E-state index contributed by atoms with van der Waals surface area (Å²) >= 11 is 0. The van der Waals surface area contributed by atoms with E-state index in [4.69, 9.17) is 0 Å². The van der Waals surface area contributed by atoms with Crippen LogP contribution < -0.4 is 9.62 Å². The number of benzene rings is 1. The van der Waals surface area contributed by atoms with Crippen LogP contribution in [0.1, 0.15) is 12.0 Å². The van der Waals surface area contributed by atoms with Gasteiger partial charge in [-0.05, 0) is 42.3 Å². The second-order valence-electron chi connectivity index (χ2n) is 5.40. The third-order valence-electron chi connectivity index (χ3n) is 3.64. The molecule has 1 amide bonds. The Balaban J connectivity index is 1.65. The largest absolute Gasteiger partial charge is 0.321 e. The van der Waals surface area contributed by atoms with Gasteiger partial charge in [-0.25, -0.2) is 8.42 Å². The molecule has 0 atom stereocenters. The maximum Gasteiger partial charge on any atom is 0.248 e. The summed E-state index contributed by atoms with van der Waals surface area (Å²) < 4.78 is 25.2. The fourth-order valence-corrected chi connectivity index (χ4v) is 4.04. The molecule has 7 heteroatoms. The van der Waals surface area contributed by atoms with Crippen LogP contribution in [0, 0.1) is 0 Å². The van der Waals surface area contributed by atoms with Crippen molar-refractivity contribution in [1.82, 2.24) is 4.98 Å². The molecule has 1 N–H and O–H groups in total. The molecule has 0 unspecified atom stereocenters. The van der Waals surface area contributed by atoms with Crippen LogP contribution in [-0.4, -0.2) is 31.6 Å². The van der Waals surface area contributed by atoms with Gasteiger partial charge in [0.05, 0.1) is 23.3 Å². The predicted octanol–water partition coefficient (Wildman–Crippen LogP) is 2.27. The summed E-state index contributed by atoms with van der Waals surface area (Å²) in [5, 5.41) is 2.70. The Morgan fingerprint density at radius 1 is 1.21 bits per heavy atom. The Bertz CT molecular complexity index is 846. The minimum Gasteiger partial charge on any atom is -0.321 e. The smallest absolute Gasteiger partial charge is 0.248 e. The number of nitrogens with zero attached hydrogens (tertiary/aromatic N) is 2. The van der Waals surface area contributed by atoms with Crippen molar-refractivity contribution in [2.45, 2.75) is 6.42 Å². The number of hydrogen-bond acceptors (Lipinski definition) is 4. The predicted molar refractivity (Wildman–Crippen MR) is 94.1 cm³/mol. The maximum atomic E-state index is 11.9. The zero-order chi connectivity index (χ0) is 17.0. The Morgan fingerprint density at radius 3 is 2.62 bits per heavy atom. The third-order valence-corrected chi connectivity index (χ3v) is 5.51. The van der Waals surface area contributed by atoms with E-state index in [1.54, 1.807) is 54.9 Å². The Hall–Kier alpha value is -2.67. The molecule has 1 aliphatic heterocycles. The Kier molecular flexibility index (Phi) is 4.61. The summed E-state index contributed by atoms with van der Waals surface area (Å²) in [5.41, 5.74) is 2.10. The maximum absolute atomic E-state index is 11.9. The van der Waals surface area contributed by atoms with Gasteiger partial charge in [-0.15, -0.1) is 0 Å². The van der Waals surface area contributed by atoms with Gasteiger partial charge < -0.3 is 5.32 Å². The fourth-order valence-electron chi connectivity index (χ4n) is 2.47. The molecule has 1 saturated heterocycles. The normalized spacial score (nSPS) is 16.4. The molecule has 24 heavy (non-hydrogen) atoms. The minimum absolute atomic E-state index is 0.198. The van der Waals surface area contributed by atoms with E-state index in [0.717, 1.165) is 5.56 Å². The molecule has 1 aromatic carbocycles. The van der Waals surface area contributed by atoms with Crippen molar-refractivity contribution in [1.29, 1.82) is 0 Å². The summed E-state index contributed by atoms with van der Waals surface area (Å²) in [6, 6.07) is 10.6. The van der Waals surface area contributed by atoms with Crippen molar-refractivity contribution in [3.05, 3.63) is 60.4 Å². The molecule has 0 bridgehead atoms. The molecule has 0 spiro atoms. The lowest BCUT2D eigenvalue weighted by Gasteiger charge is -2.16. The zero-order valence-electron chi connectivity index (χ0n) is 12.9. The lowest BCUT2D eigenvalue weighted by atomic mass is 10.2. The number of anilines is 2. The number of amides is 1. The molecule has 0 aliphatic carbocycles. The zero-order valence-corrected chi connectivity index (χ0v) is 13.7. The van der Waals surface area contributed by atoms with Crippen LogP contribution in [0.15, 0.2) is 54.9 Å². The van der Waals surface area contributed by atoms with Crippen LogP contribution in [-0.2, 0) is 14.8 Å². The molecular formula is C17H17N3O3S. The van der Waals surface area contributed by atoms with Gasteiger partial charge in [0.25, 0.3) is 0 Å². The number of carbonyl (C=O) groups is 1. The number of sulfonamides is 1. The molecule has 2 heterocycles. The van der Waals surface area contributed by atoms with E-state index in [9.17, 15) is 13.2 Å². The fraction of sp³-hybridized carbons (Fsp3) is 0.176. The van der Waals surface area contributed by atoms with Gasteiger partial charge in [0.2, 0.25) is 15.9 Å². The molecule has 2 aromatic rings. The van der Waals surface area contributed by atoms with Crippen LogP contribution in [0.3, 0.4) is 0 Å². The highest BCUT2D eigenvalue weighted by molar-refractivity contribution is 7.93. The first kappa shape index (κ1) is 16.2. The topological polar surface area (TPSA) is 79.4 Å². The lowest BCUT2D eigenvalue weighted by Crippen LogP contribution is -2.24. The molecule has 6 nitrogen and oxygen atoms in total. The van der Waals surface area contributed by atoms with Crippen molar-refractivity contribution >= 4 is 33.4 Å². The average molecular weight is 343 g/mol. The van der Waals surface area contributed by atoms with Crippen molar-refractivity contribution in [2.75, 3.05) is 21.9 Å². The summed E-state index contributed by atoms with van der Waals surface area (Å²) in [4.78, 5) is 15.8. The summed E-state index contributed by atoms with van der Waals surface area (Å²) in [6.45, 7) is 0.519. The first-order valence-electron chi connectivity index (χ1n) is 7.54. The molecule has 0 radical (unpaired) electrons. The summed E-state index contributed by atoms with van der Waals surface area (Å²) in [5.74, 6) is -0.0578. The number of aromatic nitrogens is 1. The van der Waals surface area contributed by atoms with E-state index in [1.807, 2.05) is 0 Å². The first-order valence-corrected chi connectivity index (χ1v) is 9.15. The monoisotopic (exact) mass is 343 g/mol. The first-order chi connectivity index (χ1) is 11.5. The van der Waals surface area contributed by atoms with Gasteiger partial charge in [0.15, 0.2) is 0 Å². The number of rotatable bonds is 4. The van der Waals surface area contributed by atoms with Crippen molar-refractivity contribution in [3.8, 4) is 0 Å². The molecule has 124 valence electrons. The van der Waals surface area contributed by atoms with Crippen LogP contribution in [0.2, 0.25) is 0 Å². The lowest BCUT2D eigenvalue weighted by molar-refractivity contribution is -0.111. The van der Waals surface area contributed by atoms with Gasteiger partial charge in [0, 0.05) is 18.8 Å². The summed E-state index contributed by atoms with van der Waals surface area (Å²) in [6.07, 6.45) is 6.95. The van der Waals surface area contributed by atoms with Crippen molar-refractivity contribution in [3.63, 3.8) is 0 Å². The van der Waals surface area contributed by atoms with Crippen LogP contribution in [0.4, 0.5) is 11.4 Å². The highest BCUT2D eigenvalue weighted by atomic mass is 32.2. The van der Waals surface area contributed by atoms with Gasteiger partial charge in [0.1, 0.15) is 0 Å². The number of pyridine rings is 1. The number of hydrogen-bond donors (Lipinski definition) is 1. The van der Waals surface area contributed by atoms with E-state index < -0.39 is 10.0 Å². The molecule has 1 fully saturated rings. The van der Waals surface area contributed by atoms with Crippen LogP contribution in [0.5, 0.6) is 0 Å². The van der Waals surface area contributed by atoms with E-state index >= 15 is 0 Å². The standard InChI is InChI=1S/C17H17N3O3S/c21-17(19-15-3-1-10-18-13-15)9-6-14-4-7-16(8-5-14)20-11-2-12-24(20,22)23/h1,3-10,13H,2,11-12H2,(H,19,21)/b9-6+. The average Bonchev–Trinajstić information content (AvgIpc) is 2.94. The van der Waals surface area contributed by atoms with Gasteiger partial charge >= 0.3 is 0 Å². The van der Waals surface area contributed by atoms with E-state index in [2.05, 4.69) is 10.3 Å². The molecular weight excluding hydrogens is 326 g/mol. The van der Waals surface area contributed by atoms with Crippen molar-refractivity contribution in [2.24, 2.45) is 0 Å². The van der Waals surface area contributed by atoms with Gasteiger partial charge in [-0.1, -0.05) is 12.1 Å². The second-order valence-corrected chi connectivity index (χ2v) is 7.41. The van der Waals surface area contributed by atoms with Gasteiger partial charge in [-0.3, -0.25) is 14.1 Å². The number of nitrogens with one attached hydrogen (secondary N) is 1. The Labute approximate surface area is 140 Å². The van der Waals surface area contributed by atoms with E-state index in [-0.39, 0.29) is 11.7 Å². The third kappa shape index (κ3) is 3.80.